The number of benzene rings is 8. The van der Waals surface area contributed by atoms with Crippen molar-refractivity contribution in [3.8, 4) is 22.3 Å². The maximum Gasteiger partial charge on any atom is 0.184 e. The maximum atomic E-state index is 5.55. The largest absolute Gasteiger partial charge is 0.350 e. The van der Waals surface area contributed by atoms with Crippen LogP contribution in [-0.2, 0) is 5.41 Å². The van der Waals surface area contributed by atoms with Gasteiger partial charge in [0.1, 0.15) is 12.0 Å². The molecule has 8 aromatic carbocycles. The number of hydrogen-bond acceptors (Lipinski definition) is 3. The number of amidine groups is 1. The van der Waals surface area contributed by atoms with E-state index in [4.69, 9.17) is 4.99 Å². The summed E-state index contributed by atoms with van der Waals surface area (Å²) in [6, 6.07) is 74.6. The van der Waals surface area contributed by atoms with Crippen LogP contribution in [0.1, 0.15) is 45.8 Å². The number of fused-ring (bicyclic) bond motifs is 6. The summed E-state index contributed by atoms with van der Waals surface area (Å²) in [7, 11) is 0. The van der Waals surface area contributed by atoms with Crippen LogP contribution in [0.2, 0.25) is 0 Å². The first-order valence-electron chi connectivity index (χ1n) is 19.4. The molecule has 2 aliphatic rings. The van der Waals surface area contributed by atoms with Gasteiger partial charge in [-0.05, 0) is 74.3 Å². The molecule has 2 atom stereocenters. The molecule has 1 aliphatic carbocycles. The zero-order valence-corrected chi connectivity index (χ0v) is 30.7. The highest BCUT2D eigenvalue weighted by Crippen LogP contribution is 2.57. The Morgan fingerprint density at radius 3 is 1.80 bits per heavy atom. The zero-order valence-electron chi connectivity index (χ0n) is 30.7. The van der Waals surface area contributed by atoms with Crippen molar-refractivity contribution in [1.82, 2.24) is 15.2 Å². The topological polar surface area (TPSA) is 41.4 Å². The van der Waals surface area contributed by atoms with E-state index < -0.39 is 11.7 Å². The van der Waals surface area contributed by atoms with E-state index in [-0.39, 0.29) is 6.17 Å². The third kappa shape index (κ3) is 5.00. The Hall–Kier alpha value is -7.01. The lowest BCUT2D eigenvalue weighted by Crippen LogP contribution is -2.46. The van der Waals surface area contributed by atoms with E-state index in [1.807, 2.05) is 0 Å². The molecule has 4 heteroatoms. The molecule has 11 rings (SSSR count). The lowest BCUT2D eigenvalue weighted by Gasteiger charge is -2.34. The highest BCUT2D eigenvalue weighted by Gasteiger charge is 2.46. The maximum absolute atomic E-state index is 5.55. The van der Waals surface area contributed by atoms with Crippen molar-refractivity contribution in [3.05, 3.63) is 240 Å². The molecule has 0 radical (unpaired) electrons. The molecule has 1 aromatic heterocycles. The van der Waals surface area contributed by atoms with Crippen LogP contribution in [0.3, 0.4) is 0 Å². The van der Waals surface area contributed by atoms with Crippen LogP contribution in [0, 0.1) is 0 Å². The lowest BCUT2D eigenvalue weighted by molar-refractivity contribution is 0.341. The van der Waals surface area contributed by atoms with Gasteiger partial charge in [-0.3, -0.25) is 5.32 Å². The standard InChI is InChI=1S/C52H38N4/c1-5-18-35(19-6-1)37-22-17-23-38(32-37)50-53-49(36-20-7-2-8-21-36)54-51(55-50)56-47-31-16-14-29-42(47)44-33-43-41-28-13-15-30-45(41)52(46(43)34-48(44)56,39-24-9-3-10-25-39)40-26-11-4-12-27-40/h1-34,49,51,54H,(H,53,55). The molecule has 0 spiro atoms. The zero-order chi connectivity index (χ0) is 37.1. The van der Waals surface area contributed by atoms with E-state index in [2.05, 4.69) is 221 Å². The van der Waals surface area contributed by atoms with Crippen molar-refractivity contribution in [2.24, 2.45) is 4.99 Å². The molecular formula is C52H38N4. The third-order valence-corrected chi connectivity index (χ3v) is 11.8. The van der Waals surface area contributed by atoms with E-state index in [9.17, 15) is 0 Å². The normalized spacial score (nSPS) is 16.9. The van der Waals surface area contributed by atoms with Crippen molar-refractivity contribution in [2.45, 2.75) is 17.9 Å². The SMILES string of the molecule is c1ccc(-c2cccc(C3=NC(n4c5ccccc5c5cc6c(cc54)C(c4ccccc4)(c4ccccc4)c4ccccc4-6)NC(c4ccccc4)N3)c2)cc1. The van der Waals surface area contributed by atoms with Gasteiger partial charge in [-0.1, -0.05) is 182 Å². The molecule has 266 valence electrons. The van der Waals surface area contributed by atoms with Gasteiger partial charge in [0.05, 0.1) is 16.4 Å². The van der Waals surface area contributed by atoms with E-state index in [1.165, 1.54) is 49.7 Å². The van der Waals surface area contributed by atoms with Gasteiger partial charge in [0.15, 0.2) is 6.29 Å². The number of rotatable bonds is 6. The number of aromatic nitrogens is 1. The summed E-state index contributed by atoms with van der Waals surface area (Å²) in [6.45, 7) is 0. The summed E-state index contributed by atoms with van der Waals surface area (Å²) in [5.41, 5.74) is 13.9. The molecule has 1 aliphatic heterocycles. The highest BCUT2D eigenvalue weighted by molar-refractivity contribution is 6.11. The summed E-state index contributed by atoms with van der Waals surface area (Å²) in [5, 5.41) is 10.1. The first-order valence-corrected chi connectivity index (χ1v) is 19.4. The molecule has 2 heterocycles. The molecule has 56 heavy (non-hydrogen) atoms. The molecule has 4 nitrogen and oxygen atoms in total. The van der Waals surface area contributed by atoms with Gasteiger partial charge in [-0.2, -0.15) is 0 Å². The molecule has 0 saturated carbocycles. The van der Waals surface area contributed by atoms with Crippen molar-refractivity contribution >= 4 is 27.6 Å². The fourth-order valence-electron chi connectivity index (χ4n) is 9.31. The Bertz CT molecular complexity index is 2870. The second-order valence-corrected chi connectivity index (χ2v) is 14.8. The molecular weight excluding hydrogens is 681 g/mol. The van der Waals surface area contributed by atoms with Gasteiger partial charge in [-0.15, -0.1) is 0 Å². The minimum Gasteiger partial charge on any atom is -0.350 e. The molecule has 0 saturated heterocycles. The first-order chi connectivity index (χ1) is 27.8. The molecule has 0 amide bonds. The van der Waals surface area contributed by atoms with Crippen LogP contribution in [0.25, 0.3) is 44.1 Å². The monoisotopic (exact) mass is 718 g/mol. The van der Waals surface area contributed by atoms with Crippen molar-refractivity contribution < 1.29 is 0 Å². The van der Waals surface area contributed by atoms with Crippen molar-refractivity contribution in [3.63, 3.8) is 0 Å². The van der Waals surface area contributed by atoms with Crippen LogP contribution in [0.15, 0.2) is 211 Å². The van der Waals surface area contributed by atoms with Crippen LogP contribution in [-0.4, -0.2) is 10.4 Å². The Morgan fingerprint density at radius 1 is 0.446 bits per heavy atom. The van der Waals surface area contributed by atoms with Gasteiger partial charge >= 0.3 is 0 Å². The van der Waals surface area contributed by atoms with Crippen LogP contribution in [0.4, 0.5) is 0 Å². The average Bonchev–Trinajstić information content (AvgIpc) is 3.76. The molecule has 2 N–H and O–H groups in total. The number of aliphatic imine (C=N–C) groups is 1. The second-order valence-electron chi connectivity index (χ2n) is 14.8. The predicted octanol–water partition coefficient (Wildman–Crippen LogP) is 11.6. The quantitative estimate of drug-likeness (QED) is 0.180. The number of hydrogen-bond donors (Lipinski definition) is 2. The third-order valence-electron chi connectivity index (χ3n) is 11.8. The van der Waals surface area contributed by atoms with Gasteiger partial charge in [0.25, 0.3) is 0 Å². The molecule has 0 bridgehead atoms. The van der Waals surface area contributed by atoms with E-state index in [0.29, 0.717) is 0 Å². The molecule has 9 aromatic rings. The van der Waals surface area contributed by atoms with Crippen LogP contribution < -0.4 is 10.6 Å². The minimum atomic E-state index is -0.510. The smallest absolute Gasteiger partial charge is 0.184 e. The van der Waals surface area contributed by atoms with Crippen LogP contribution in [0.5, 0.6) is 0 Å². The van der Waals surface area contributed by atoms with Crippen molar-refractivity contribution in [1.29, 1.82) is 0 Å². The number of nitrogens with one attached hydrogen (secondary N) is 2. The highest BCUT2D eigenvalue weighted by atomic mass is 15.4. The van der Waals surface area contributed by atoms with Crippen molar-refractivity contribution in [2.75, 3.05) is 0 Å². The molecule has 0 fully saturated rings. The first kappa shape index (κ1) is 32.4. The summed E-state index contributed by atoms with van der Waals surface area (Å²) in [4.78, 5) is 5.55. The van der Waals surface area contributed by atoms with Gasteiger partial charge in [0.2, 0.25) is 0 Å². The number of nitrogens with zero attached hydrogens (tertiary/aromatic N) is 2. The molecule has 2 unspecified atom stereocenters. The fraction of sp³-hybridized carbons (Fsp3) is 0.0577. The predicted molar refractivity (Wildman–Crippen MR) is 230 cm³/mol. The summed E-state index contributed by atoms with van der Waals surface area (Å²) in [6.07, 6.45) is -0.597. The Morgan fingerprint density at radius 2 is 1.05 bits per heavy atom. The Labute approximate surface area is 326 Å². The van der Waals surface area contributed by atoms with Gasteiger partial charge < -0.3 is 9.88 Å². The second kappa shape index (κ2) is 13.1. The van der Waals surface area contributed by atoms with Gasteiger partial charge in [0, 0.05) is 16.3 Å². The minimum absolute atomic E-state index is 0.184. The van der Waals surface area contributed by atoms with Crippen LogP contribution >= 0.6 is 0 Å². The number of para-hydroxylation sites is 1. The summed E-state index contributed by atoms with van der Waals surface area (Å²) >= 11 is 0. The summed E-state index contributed by atoms with van der Waals surface area (Å²) < 4.78 is 2.42. The average molecular weight is 719 g/mol. The fourth-order valence-corrected chi connectivity index (χ4v) is 9.31. The summed E-state index contributed by atoms with van der Waals surface area (Å²) in [5.74, 6) is 0.850. The lowest BCUT2D eigenvalue weighted by atomic mass is 9.67. The van der Waals surface area contributed by atoms with E-state index in [0.717, 1.165) is 33.6 Å². The van der Waals surface area contributed by atoms with E-state index >= 15 is 0 Å². The van der Waals surface area contributed by atoms with Gasteiger partial charge in [-0.25, -0.2) is 4.99 Å². The van der Waals surface area contributed by atoms with E-state index in [1.54, 1.807) is 0 Å². The Balaban J connectivity index is 1.18. The Kier molecular flexibility index (Phi) is 7.58.